The Balaban J connectivity index is 1.94. The van der Waals surface area contributed by atoms with Gasteiger partial charge in [-0.1, -0.05) is 19.1 Å². The van der Waals surface area contributed by atoms with Gasteiger partial charge in [0.2, 0.25) is 0 Å². The van der Waals surface area contributed by atoms with Crippen molar-refractivity contribution >= 4 is 11.9 Å². The standard InChI is InChI=1S/C17H23NO4/c1-3-13-6-8-15(9-7-13)22-12(2)16(19)18-10-4-5-14(11-18)17(20)21/h6-9,12,14H,3-5,10-11H2,1-2H3,(H,20,21). The zero-order valence-electron chi connectivity index (χ0n) is 13.1. The van der Waals surface area contributed by atoms with E-state index >= 15 is 0 Å². The number of hydrogen-bond donors (Lipinski definition) is 1. The van der Waals surface area contributed by atoms with Crippen LogP contribution in [0.4, 0.5) is 0 Å². The molecule has 0 spiro atoms. The number of carbonyl (C=O) groups excluding carboxylic acids is 1. The van der Waals surface area contributed by atoms with Gasteiger partial charge in [0.15, 0.2) is 6.10 Å². The van der Waals surface area contributed by atoms with Crippen molar-refractivity contribution in [3.05, 3.63) is 29.8 Å². The van der Waals surface area contributed by atoms with Crippen LogP contribution in [-0.4, -0.2) is 41.1 Å². The third-order valence-corrected chi connectivity index (χ3v) is 4.07. The number of carbonyl (C=O) groups is 2. The smallest absolute Gasteiger partial charge is 0.308 e. The Bertz CT molecular complexity index is 526. The Labute approximate surface area is 130 Å². The third kappa shape index (κ3) is 4.00. The van der Waals surface area contributed by atoms with E-state index in [-0.39, 0.29) is 12.5 Å². The van der Waals surface area contributed by atoms with Crippen LogP contribution in [0.2, 0.25) is 0 Å². The molecule has 0 aromatic heterocycles. The Morgan fingerprint density at radius 1 is 1.36 bits per heavy atom. The highest BCUT2D eigenvalue weighted by Gasteiger charge is 2.30. The van der Waals surface area contributed by atoms with Gasteiger partial charge in [-0.25, -0.2) is 0 Å². The number of carboxylic acid groups (broad SMARTS) is 1. The van der Waals surface area contributed by atoms with Gasteiger partial charge in [0.05, 0.1) is 5.92 Å². The topological polar surface area (TPSA) is 66.8 Å². The maximum Gasteiger partial charge on any atom is 0.308 e. The molecule has 0 aliphatic carbocycles. The zero-order valence-corrected chi connectivity index (χ0v) is 13.1. The molecule has 1 heterocycles. The third-order valence-electron chi connectivity index (χ3n) is 4.07. The van der Waals surface area contributed by atoms with Crippen LogP contribution in [0.1, 0.15) is 32.3 Å². The minimum absolute atomic E-state index is 0.148. The van der Waals surface area contributed by atoms with E-state index in [1.807, 2.05) is 24.3 Å². The fourth-order valence-electron chi connectivity index (χ4n) is 2.69. The van der Waals surface area contributed by atoms with Crippen LogP contribution >= 0.6 is 0 Å². The van der Waals surface area contributed by atoms with Crippen molar-refractivity contribution in [2.24, 2.45) is 5.92 Å². The predicted octanol–water partition coefficient (Wildman–Crippen LogP) is 2.34. The van der Waals surface area contributed by atoms with Gasteiger partial charge >= 0.3 is 5.97 Å². The van der Waals surface area contributed by atoms with E-state index in [1.54, 1.807) is 11.8 Å². The lowest BCUT2D eigenvalue weighted by atomic mass is 9.98. The number of aryl methyl sites for hydroxylation is 1. The number of benzene rings is 1. The lowest BCUT2D eigenvalue weighted by Crippen LogP contribution is -2.47. The van der Waals surface area contributed by atoms with Gasteiger partial charge in [-0.05, 0) is 43.9 Å². The maximum atomic E-state index is 12.4. The first kappa shape index (κ1) is 16.3. The lowest BCUT2D eigenvalue weighted by molar-refractivity contribution is -0.147. The number of likely N-dealkylation sites (tertiary alicyclic amines) is 1. The first-order chi connectivity index (χ1) is 10.5. The summed E-state index contributed by atoms with van der Waals surface area (Å²) < 4.78 is 5.69. The number of piperidine rings is 1. The van der Waals surface area contributed by atoms with Gasteiger partial charge in [0.25, 0.3) is 5.91 Å². The summed E-state index contributed by atoms with van der Waals surface area (Å²) in [5.41, 5.74) is 1.21. The van der Waals surface area contributed by atoms with Crippen LogP contribution in [0, 0.1) is 5.92 Å². The first-order valence-electron chi connectivity index (χ1n) is 7.78. The number of aliphatic carboxylic acids is 1. The monoisotopic (exact) mass is 305 g/mol. The SMILES string of the molecule is CCc1ccc(OC(C)C(=O)N2CCCC(C(=O)O)C2)cc1. The van der Waals surface area contributed by atoms with Gasteiger partial charge in [0, 0.05) is 13.1 Å². The molecule has 5 heteroatoms. The molecule has 1 saturated heterocycles. The number of nitrogens with zero attached hydrogens (tertiary/aromatic N) is 1. The number of carboxylic acids is 1. The molecular weight excluding hydrogens is 282 g/mol. The summed E-state index contributed by atoms with van der Waals surface area (Å²) >= 11 is 0. The maximum absolute atomic E-state index is 12.4. The summed E-state index contributed by atoms with van der Waals surface area (Å²) in [7, 11) is 0. The summed E-state index contributed by atoms with van der Waals surface area (Å²) in [6.07, 6.45) is 1.70. The van der Waals surface area contributed by atoms with Gasteiger partial charge < -0.3 is 14.7 Å². The molecule has 2 unspecified atom stereocenters. The van der Waals surface area contributed by atoms with E-state index in [9.17, 15) is 9.59 Å². The molecule has 1 aromatic rings. The molecule has 0 saturated carbocycles. The molecule has 2 rings (SSSR count). The van der Waals surface area contributed by atoms with E-state index in [1.165, 1.54) is 5.56 Å². The van der Waals surface area contributed by atoms with E-state index in [0.717, 1.165) is 12.8 Å². The molecule has 2 atom stereocenters. The second-order valence-corrected chi connectivity index (χ2v) is 5.72. The Morgan fingerprint density at radius 2 is 2.05 bits per heavy atom. The molecule has 1 aliphatic rings. The highest BCUT2D eigenvalue weighted by Crippen LogP contribution is 2.19. The van der Waals surface area contributed by atoms with E-state index in [2.05, 4.69) is 6.92 Å². The molecule has 1 N–H and O–H groups in total. The molecule has 1 fully saturated rings. The highest BCUT2D eigenvalue weighted by atomic mass is 16.5. The molecule has 120 valence electrons. The van der Waals surface area contributed by atoms with Crippen molar-refractivity contribution in [2.45, 2.75) is 39.2 Å². The van der Waals surface area contributed by atoms with Crippen LogP contribution < -0.4 is 4.74 Å². The average Bonchev–Trinajstić information content (AvgIpc) is 2.54. The molecule has 1 aromatic carbocycles. The molecular formula is C17H23NO4. The summed E-state index contributed by atoms with van der Waals surface area (Å²) in [5.74, 6) is -0.787. The number of ether oxygens (including phenoxy) is 1. The van der Waals surface area contributed by atoms with Gasteiger partial charge in [-0.15, -0.1) is 0 Å². The normalized spacial score (nSPS) is 19.5. The second-order valence-electron chi connectivity index (χ2n) is 5.72. The summed E-state index contributed by atoms with van der Waals surface area (Å²) in [4.78, 5) is 25.1. The zero-order chi connectivity index (χ0) is 16.1. The molecule has 1 amide bonds. The van der Waals surface area contributed by atoms with Gasteiger partial charge in [0.1, 0.15) is 5.75 Å². The van der Waals surface area contributed by atoms with Gasteiger partial charge in [-0.2, -0.15) is 0 Å². The van der Waals surface area contributed by atoms with E-state index in [0.29, 0.717) is 18.7 Å². The molecule has 1 aliphatic heterocycles. The minimum atomic E-state index is -0.832. The number of hydrogen-bond acceptors (Lipinski definition) is 3. The van der Waals surface area contributed by atoms with Crippen molar-refractivity contribution in [1.82, 2.24) is 4.90 Å². The fourth-order valence-corrected chi connectivity index (χ4v) is 2.69. The minimum Gasteiger partial charge on any atom is -0.481 e. The Kier molecular flexibility index (Phi) is 5.41. The van der Waals surface area contributed by atoms with Crippen molar-refractivity contribution in [3.8, 4) is 5.75 Å². The highest BCUT2D eigenvalue weighted by molar-refractivity contribution is 5.82. The largest absolute Gasteiger partial charge is 0.481 e. The van der Waals surface area contributed by atoms with E-state index in [4.69, 9.17) is 9.84 Å². The van der Waals surface area contributed by atoms with Crippen LogP contribution in [0.5, 0.6) is 5.75 Å². The van der Waals surface area contributed by atoms with Crippen molar-refractivity contribution in [3.63, 3.8) is 0 Å². The molecule has 5 nitrogen and oxygen atoms in total. The fraction of sp³-hybridized carbons (Fsp3) is 0.529. The van der Waals surface area contributed by atoms with Crippen molar-refractivity contribution in [1.29, 1.82) is 0 Å². The lowest BCUT2D eigenvalue weighted by Gasteiger charge is -2.32. The average molecular weight is 305 g/mol. The van der Waals surface area contributed by atoms with E-state index < -0.39 is 18.0 Å². The first-order valence-corrected chi connectivity index (χ1v) is 7.78. The molecule has 0 bridgehead atoms. The van der Waals surface area contributed by atoms with Crippen molar-refractivity contribution in [2.75, 3.05) is 13.1 Å². The van der Waals surface area contributed by atoms with Gasteiger partial charge in [-0.3, -0.25) is 9.59 Å². The molecule has 22 heavy (non-hydrogen) atoms. The van der Waals surface area contributed by atoms with Crippen LogP contribution in [0.15, 0.2) is 24.3 Å². The van der Waals surface area contributed by atoms with Crippen LogP contribution in [0.3, 0.4) is 0 Å². The quantitative estimate of drug-likeness (QED) is 0.906. The summed E-state index contributed by atoms with van der Waals surface area (Å²) in [6, 6.07) is 7.68. The van der Waals surface area contributed by atoms with Crippen LogP contribution in [-0.2, 0) is 16.0 Å². The van der Waals surface area contributed by atoms with Crippen molar-refractivity contribution < 1.29 is 19.4 Å². The predicted molar refractivity (Wildman–Crippen MR) is 82.8 cm³/mol. The summed E-state index contributed by atoms with van der Waals surface area (Å²) in [5, 5.41) is 9.09. The second kappa shape index (κ2) is 7.29. The Morgan fingerprint density at radius 3 is 2.64 bits per heavy atom. The van der Waals surface area contributed by atoms with Crippen LogP contribution in [0.25, 0.3) is 0 Å². The number of amides is 1. The summed E-state index contributed by atoms with van der Waals surface area (Å²) in [6.45, 7) is 4.67. The molecule has 0 radical (unpaired) electrons. The Hall–Kier alpha value is -2.04. The number of rotatable bonds is 5.